The number of hydrogen-bond donors (Lipinski definition) is 0. The van der Waals surface area contributed by atoms with E-state index in [4.69, 9.17) is 12.6 Å². The Morgan fingerprint density at radius 3 is 1.24 bits per heavy atom. The van der Waals surface area contributed by atoms with E-state index >= 15 is 0 Å². The molecule has 0 N–H and O–H groups in total. The minimum absolute atomic E-state index is 0.843. The van der Waals surface area contributed by atoms with Crippen molar-refractivity contribution in [1.29, 1.82) is 0 Å². The lowest BCUT2D eigenvalue weighted by Gasteiger charge is -2.24. The van der Waals surface area contributed by atoms with Crippen LogP contribution in [0.2, 0.25) is 0 Å². The van der Waals surface area contributed by atoms with Gasteiger partial charge >= 0.3 is 7.82 Å². The Balaban J connectivity index is 4.78. The second-order valence-electron chi connectivity index (χ2n) is 3.59. The van der Waals surface area contributed by atoms with Crippen LogP contribution in [0.5, 0.6) is 0 Å². The second-order valence-corrected chi connectivity index (χ2v) is 22.9. The SMILES string of the molecule is C=C[SiH]([SiH3])OP(=O)(O[SiH]([SiH3])C=C)O[SiH]([SiH3])C=C. The molecule has 11 heteroatoms. The summed E-state index contributed by atoms with van der Waals surface area (Å²) in [4.78, 5) is 0. The zero-order chi connectivity index (χ0) is 13.5. The lowest BCUT2D eigenvalue weighted by molar-refractivity contribution is 0.315. The van der Waals surface area contributed by atoms with Crippen molar-refractivity contribution in [3.8, 4) is 0 Å². The van der Waals surface area contributed by atoms with Gasteiger partial charge in [0, 0.05) is 29.3 Å². The molecule has 0 aliphatic rings. The first-order chi connectivity index (χ1) is 7.86. The third kappa shape index (κ3) is 7.61. The van der Waals surface area contributed by atoms with Gasteiger partial charge in [0.25, 0.3) is 0 Å². The van der Waals surface area contributed by atoms with Crippen LogP contribution in [0, 0.1) is 0 Å². The van der Waals surface area contributed by atoms with E-state index in [0.717, 1.165) is 29.3 Å². The summed E-state index contributed by atoms with van der Waals surface area (Å²) < 4.78 is 29.1. The Labute approximate surface area is 117 Å². The van der Waals surface area contributed by atoms with Gasteiger partial charge in [0.15, 0.2) is 25.7 Å². The van der Waals surface area contributed by atoms with Gasteiger partial charge in [-0.3, -0.25) is 0 Å². The fourth-order valence-electron chi connectivity index (χ4n) is 0.815. The first-order valence-electron chi connectivity index (χ1n) is 5.39. The molecule has 3 atom stereocenters. The van der Waals surface area contributed by atoms with Crippen molar-refractivity contribution in [2.75, 3.05) is 0 Å². The molecule has 0 radical (unpaired) electrons. The second kappa shape index (κ2) is 8.68. The quantitative estimate of drug-likeness (QED) is 0.328. The highest BCUT2D eigenvalue weighted by molar-refractivity contribution is 7.55. The van der Waals surface area contributed by atoms with Gasteiger partial charge in [0.2, 0.25) is 0 Å². The van der Waals surface area contributed by atoms with E-state index in [1.165, 1.54) is 0 Å². The van der Waals surface area contributed by atoms with Crippen LogP contribution in [0.4, 0.5) is 0 Å². The Bertz CT molecular complexity index is 278. The molecule has 0 aromatic heterocycles. The summed E-state index contributed by atoms with van der Waals surface area (Å²) in [5.74, 6) is 0. The van der Waals surface area contributed by atoms with E-state index < -0.39 is 33.5 Å². The molecule has 0 saturated heterocycles. The molecule has 0 bridgehead atoms. The average Bonchev–Trinajstić information content (AvgIpc) is 2.27. The van der Waals surface area contributed by atoms with Crippen LogP contribution in [0.15, 0.2) is 36.8 Å². The van der Waals surface area contributed by atoms with Crippen molar-refractivity contribution in [1.82, 2.24) is 0 Å². The zero-order valence-electron chi connectivity index (χ0n) is 10.7. The van der Waals surface area contributed by atoms with E-state index in [-0.39, 0.29) is 0 Å². The van der Waals surface area contributed by atoms with Crippen LogP contribution < -0.4 is 0 Å². The molecule has 0 rings (SSSR count). The number of phosphoric acid groups is 1. The van der Waals surface area contributed by atoms with E-state index in [9.17, 15) is 4.57 Å². The molecule has 0 spiro atoms. The van der Waals surface area contributed by atoms with Crippen molar-refractivity contribution in [3.63, 3.8) is 0 Å². The van der Waals surface area contributed by atoms with E-state index in [1.807, 2.05) is 0 Å². The van der Waals surface area contributed by atoms with Crippen molar-refractivity contribution in [2.45, 2.75) is 0 Å². The molecule has 0 saturated carbocycles. The van der Waals surface area contributed by atoms with Gasteiger partial charge in [-0.2, -0.15) is 0 Å². The average molecular weight is 357 g/mol. The standard InChI is InChI=1S/C6H21O4PSi6/c1-4-15(12)8-11(7,9-16(13)5-2)10-17(14)6-3/h4-6,15-17H,1-3H2,12-14H3. The van der Waals surface area contributed by atoms with Crippen molar-refractivity contribution in [2.24, 2.45) is 0 Å². The number of rotatable bonds is 9. The van der Waals surface area contributed by atoms with Gasteiger partial charge < -0.3 is 12.6 Å². The summed E-state index contributed by atoms with van der Waals surface area (Å²) in [7, 11) is -5.48. The molecule has 0 aromatic rings. The summed E-state index contributed by atoms with van der Waals surface area (Å²) in [6.07, 6.45) is 0. The molecule has 4 nitrogen and oxygen atoms in total. The van der Waals surface area contributed by atoms with Crippen LogP contribution in [0.1, 0.15) is 0 Å². The highest BCUT2D eigenvalue weighted by Gasteiger charge is 2.31. The monoisotopic (exact) mass is 356 g/mol. The maximum Gasteiger partial charge on any atom is 0.444 e. The van der Waals surface area contributed by atoms with Gasteiger partial charge in [0.05, 0.1) is 0 Å². The minimum Gasteiger partial charge on any atom is -0.334 e. The lowest BCUT2D eigenvalue weighted by atomic mass is 11.3. The molecular formula is C6H21O4PSi6. The molecule has 3 unspecified atom stereocenters. The molecule has 0 fully saturated rings. The summed E-state index contributed by atoms with van der Waals surface area (Å²) in [6, 6.07) is 0. The Morgan fingerprint density at radius 2 is 1.06 bits per heavy atom. The smallest absolute Gasteiger partial charge is 0.334 e. The third-order valence-electron chi connectivity index (χ3n) is 1.88. The maximum absolute atomic E-state index is 12.5. The Hall–Kier alpha value is 0.631. The molecule has 0 amide bonds. The van der Waals surface area contributed by atoms with Crippen LogP contribution in [-0.2, 0) is 17.2 Å². The minimum atomic E-state index is -3.36. The lowest BCUT2D eigenvalue weighted by Crippen LogP contribution is -2.25. The summed E-state index contributed by atoms with van der Waals surface area (Å²) >= 11 is 0. The van der Waals surface area contributed by atoms with Gasteiger partial charge in [0.1, 0.15) is 0 Å². The van der Waals surface area contributed by atoms with Gasteiger partial charge in [-0.1, -0.05) is 17.1 Å². The predicted octanol–water partition coefficient (Wildman–Crippen LogP) is -2.92. The third-order valence-corrected chi connectivity index (χ3v) is 20.9. The molecular weight excluding hydrogens is 336 g/mol. The maximum atomic E-state index is 12.5. The molecule has 0 aliphatic heterocycles. The first kappa shape index (κ1) is 17.6. The van der Waals surface area contributed by atoms with Gasteiger partial charge in [-0.25, -0.2) is 4.57 Å². The predicted molar refractivity (Wildman–Crippen MR) is 92.7 cm³/mol. The highest BCUT2D eigenvalue weighted by atomic mass is 31.2. The summed E-state index contributed by atoms with van der Waals surface area (Å²) in [6.45, 7) is 11.0. The zero-order valence-corrected chi connectivity index (χ0v) is 21.0. The Morgan fingerprint density at radius 1 is 0.824 bits per heavy atom. The fraction of sp³-hybridized carbons (Fsp3) is 0. The normalized spacial score (nSPS) is 20.2. The topological polar surface area (TPSA) is 44.8 Å². The molecule has 98 valence electrons. The van der Waals surface area contributed by atoms with Gasteiger partial charge in [-0.05, 0) is 0 Å². The van der Waals surface area contributed by atoms with Crippen LogP contribution in [0.3, 0.4) is 0 Å². The molecule has 0 aromatic carbocycles. The van der Waals surface area contributed by atoms with Crippen molar-refractivity contribution in [3.05, 3.63) is 36.8 Å². The fourth-order valence-corrected chi connectivity index (χ4v) is 15.6. The van der Waals surface area contributed by atoms with Crippen molar-refractivity contribution >= 4 is 62.8 Å². The Kier molecular flexibility index (Phi) is 9.01. The molecule has 17 heavy (non-hydrogen) atoms. The van der Waals surface area contributed by atoms with E-state index in [1.54, 1.807) is 17.1 Å². The molecule has 0 aliphatic carbocycles. The van der Waals surface area contributed by atoms with Crippen LogP contribution in [0.25, 0.3) is 0 Å². The summed E-state index contributed by atoms with van der Waals surface area (Å²) in [5, 5.41) is 0. The number of hydrogen-bond acceptors (Lipinski definition) is 4. The first-order valence-corrected chi connectivity index (χ1v) is 24.1. The highest BCUT2D eigenvalue weighted by Crippen LogP contribution is 2.50. The van der Waals surface area contributed by atoms with Crippen LogP contribution in [-0.4, -0.2) is 55.0 Å². The molecule has 0 heterocycles. The summed E-state index contributed by atoms with van der Waals surface area (Å²) in [5.41, 5.74) is 5.29. The van der Waals surface area contributed by atoms with Gasteiger partial charge in [-0.15, -0.1) is 19.7 Å². The van der Waals surface area contributed by atoms with E-state index in [2.05, 4.69) is 19.7 Å². The van der Waals surface area contributed by atoms with Crippen molar-refractivity contribution < 1.29 is 17.2 Å². The van der Waals surface area contributed by atoms with Crippen LogP contribution >= 0.6 is 7.82 Å². The largest absolute Gasteiger partial charge is 0.444 e. The van der Waals surface area contributed by atoms with E-state index in [0.29, 0.717) is 0 Å².